The molecule has 80 valence electrons. The molecule has 0 bridgehead atoms. The number of nitrogens with two attached hydrogens (primary N) is 2. The van der Waals surface area contributed by atoms with Crippen molar-refractivity contribution in [2.45, 2.75) is 13.2 Å². The molecule has 0 amide bonds. The van der Waals surface area contributed by atoms with Crippen molar-refractivity contribution in [3.63, 3.8) is 0 Å². The molecule has 0 saturated heterocycles. The molecule has 1 aromatic carbocycles. The minimum Gasteiger partial charge on any atom is -0.484 e. The first-order valence-corrected chi connectivity index (χ1v) is 4.64. The molecule has 0 fully saturated rings. The Kier molecular flexibility index (Phi) is 2.37. The van der Waals surface area contributed by atoms with Gasteiger partial charge >= 0.3 is 0 Å². The molecule has 2 rings (SSSR count). The zero-order valence-corrected chi connectivity index (χ0v) is 8.43. The standard InChI is InChI=1S/C10H13N3O2/c1-6-2-3-7-8(4-6)14-5-9(15-7)13-10(11)12/h2-4,9H,5H2,1H3,(H4,11,12,13). The van der Waals surface area contributed by atoms with E-state index in [1.54, 1.807) is 0 Å². The number of guanidine groups is 1. The molecule has 5 nitrogen and oxygen atoms in total. The fourth-order valence-electron chi connectivity index (χ4n) is 1.40. The number of aryl methyl sites for hydroxylation is 1. The number of nitrogens with zero attached hydrogens (tertiary/aromatic N) is 1. The maximum absolute atomic E-state index is 5.53. The van der Waals surface area contributed by atoms with E-state index in [4.69, 9.17) is 20.9 Å². The molecule has 15 heavy (non-hydrogen) atoms. The summed E-state index contributed by atoms with van der Waals surface area (Å²) in [5.74, 6) is 1.40. The van der Waals surface area contributed by atoms with Crippen molar-refractivity contribution in [2.75, 3.05) is 6.61 Å². The summed E-state index contributed by atoms with van der Waals surface area (Å²) >= 11 is 0. The number of ether oxygens (including phenoxy) is 2. The Morgan fingerprint density at radius 3 is 2.93 bits per heavy atom. The van der Waals surface area contributed by atoms with Crippen LogP contribution in [0.4, 0.5) is 0 Å². The predicted octanol–water partition coefficient (Wildman–Crippen LogP) is 0.366. The molecule has 0 spiro atoms. The van der Waals surface area contributed by atoms with Gasteiger partial charge in [0.1, 0.15) is 6.61 Å². The van der Waals surface area contributed by atoms with Crippen LogP contribution in [0.25, 0.3) is 0 Å². The lowest BCUT2D eigenvalue weighted by Gasteiger charge is -2.24. The van der Waals surface area contributed by atoms with Gasteiger partial charge in [-0.1, -0.05) is 6.07 Å². The highest BCUT2D eigenvalue weighted by atomic mass is 16.6. The van der Waals surface area contributed by atoms with Gasteiger partial charge in [-0.15, -0.1) is 0 Å². The van der Waals surface area contributed by atoms with Crippen LogP contribution in [0, 0.1) is 6.92 Å². The van der Waals surface area contributed by atoms with Crippen molar-refractivity contribution >= 4 is 5.96 Å². The topological polar surface area (TPSA) is 82.9 Å². The van der Waals surface area contributed by atoms with Gasteiger partial charge < -0.3 is 20.9 Å². The Morgan fingerprint density at radius 2 is 2.20 bits per heavy atom. The Labute approximate surface area is 87.7 Å². The highest BCUT2D eigenvalue weighted by Crippen LogP contribution is 2.32. The largest absolute Gasteiger partial charge is 0.484 e. The van der Waals surface area contributed by atoms with Crippen molar-refractivity contribution in [1.82, 2.24) is 0 Å². The summed E-state index contributed by atoms with van der Waals surface area (Å²) in [6.07, 6.45) is -0.454. The number of aliphatic imine (C=N–C) groups is 1. The lowest BCUT2D eigenvalue weighted by Crippen LogP contribution is -2.33. The summed E-state index contributed by atoms with van der Waals surface area (Å²) in [7, 11) is 0. The second-order valence-corrected chi connectivity index (χ2v) is 3.39. The van der Waals surface area contributed by atoms with Gasteiger partial charge in [-0.25, -0.2) is 4.99 Å². The van der Waals surface area contributed by atoms with E-state index in [0.29, 0.717) is 12.4 Å². The van der Waals surface area contributed by atoms with Gasteiger partial charge in [-0.2, -0.15) is 0 Å². The predicted molar refractivity (Wildman–Crippen MR) is 56.9 cm³/mol. The zero-order valence-electron chi connectivity index (χ0n) is 8.43. The molecule has 1 unspecified atom stereocenters. The maximum Gasteiger partial charge on any atom is 0.227 e. The Hall–Kier alpha value is -1.91. The van der Waals surface area contributed by atoms with E-state index in [9.17, 15) is 0 Å². The molecular weight excluding hydrogens is 194 g/mol. The fraction of sp³-hybridized carbons (Fsp3) is 0.300. The molecule has 0 aliphatic carbocycles. The number of rotatable bonds is 1. The van der Waals surface area contributed by atoms with Crippen LogP contribution < -0.4 is 20.9 Å². The Morgan fingerprint density at radius 1 is 1.40 bits per heavy atom. The third-order valence-electron chi connectivity index (χ3n) is 2.04. The van der Waals surface area contributed by atoms with Crippen LogP contribution in [-0.4, -0.2) is 18.8 Å². The summed E-state index contributed by atoms with van der Waals surface area (Å²) in [6, 6.07) is 5.71. The number of hydrogen-bond donors (Lipinski definition) is 2. The fourth-order valence-corrected chi connectivity index (χ4v) is 1.40. The van der Waals surface area contributed by atoms with Crippen LogP contribution in [0.15, 0.2) is 23.2 Å². The summed E-state index contributed by atoms with van der Waals surface area (Å²) < 4.78 is 11.0. The lowest BCUT2D eigenvalue weighted by atomic mass is 10.2. The minimum absolute atomic E-state index is 0.000776. The van der Waals surface area contributed by atoms with E-state index in [-0.39, 0.29) is 5.96 Å². The van der Waals surface area contributed by atoms with Crippen molar-refractivity contribution in [1.29, 1.82) is 0 Å². The van der Waals surface area contributed by atoms with Crippen LogP contribution in [0.3, 0.4) is 0 Å². The Bertz CT molecular complexity index is 400. The summed E-state index contributed by atoms with van der Waals surface area (Å²) in [5, 5.41) is 0. The first-order chi connectivity index (χ1) is 7.15. The maximum atomic E-state index is 5.53. The molecule has 1 atom stereocenters. The Balaban J connectivity index is 2.20. The van der Waals surface area contributed by atoms with Gasteiger partial charge in [0.05, 0.1) is 0 Å². The summed E-state index contributed by atoms with van der Waals surface area (Å²) in [5.41, 5.74) is 11.6. The first-order valence-electron chi connectivity index (χ1n) is 4.64. The lowest BCUT2D eigenvalue weighted by molar-refractivity contribution is 0.0972. The van der Waals surface area contributed by atoms with Crippen molar-refractivity contribution in [3.05, 3.63) is 23.8 Å². The second-order valence-electron chi connectivity index (χ2n) is 3.39. The van der Waals surface area contributed by atoms with E-state index in [0.717, 1.165) is 11.3 Å². The summed E-state index contributed by atoms with van der Waals surface area (Å²) in [6.45, 7) is 2.32. The summed E-state index contributed by atoms with van der Waals surface area (Å²) in [4.78, 5) is 3.88. The third kappa shape index (κ3) is 2.12. The van der Waals surface area contributed by atoms with Gasteiger partial charge in [-0.05, 0) is 24.6 Å². The monoisotopic (exact) mass is 207 g/mol. The second kappa shape index (κ2) is 3.68. The number of benzene rings is 1. The van der Waals surface area contributed by atoms with E-state index >= 15 is 0 Å². The SMILES string of the molecule is Cc1ccc2c(c1)OCC(N=C(N)N)O2. The van der Waals surface area contributed by atoms with Crippen molar-refractivity contribution < 1.29 is 9.47 Å². The normalized spacial score (nSPS) is 18.3. The zero-order chi connectivity index (χ0) is 10.8. The van der Waals surface area contributed by atoms with Gasteiger partial charge in [0.15, 0.2) is 17.5 Å². The van der Waals surface area contributed by atoms with Gasteiger partial charge in [0.2, 0.25) is 6.23 Å². The van der Waals surface area contributed by atoms with E-state index in [1.807, 2.05) is 25.1 Å². The van der Waals surface area contributed by atoms with Crippen molar-refractivity contribution in [3.8, 4) is 11.5 Å². The van der Waals surface area contributed by atoms with Crippen LogP contribution in [0.5, 0.6) is 11.5 Å². The van der Waals surface area contributed by atoms with Crippen LogP contribution in [-0.2, 0) is 0 Å². The quantitative estimate of drug-likeness (QED) is 0.514. The average molecular weight is 207 g/mol. The van der Waals surface area contributed by atoms with Gasteiger partial charge in [-0.3, -0.25) is 0 Å². The highest BCUT2D eigenvalue weighted by Gasteiger charge is 2.19. The third-order valence-corrected chi connectivity index (χ3v) is 2.04. The van der Waals surface area contributed by atoms with E-state index in [2.05, 4.69) is 4.99 Å². The first kappa shape index (κ1) is 9.64. The molecule has 1 heterocycles. The van der Waals surface area contributed by atoms with Crippen LogP contribution >= 0.6 is 0 Å². The van der Waals surface area contributed by atoms with Gasteiger partial charge in [0.25, 0.3) is 0 Å². The smallest absolute Gasteiger partial charge is 0.227 e. The molecule has 0 radical (unpaired) electrons. The molecular formula is C10H13N3O2. The van der Waals surface area contributed by atoms with Crippen LogP contribution in [0.1, 0.15) is 5.56 Å². The molecule has 5 heteroatoms. The highest BCUT2D eigenvalue weighted by molar-refractivity contribution is 5.75. The average Bonchev–Trinajstić information content (AvgIpc) is 2.17. The molecule has 1 aliphatic heterocycles. The number of hydrogen-bond acceptors (Lipinski definition) is 3. The molecule has 4 N–H and O–H groups in total. The van der Waals surface area contributed by atoms with Crippen molar-refractivity contribution in [2.24, 2.45) is 16.5 Å². The van der Waals surface area contributed by atoms with E-state index in [1.165, 1.54) is 0 Å². The number of fused-ring (bicyclic) bond motifs is 1. The molecule has 1 aliphatic rings. The molecule has 1 aromatic rings. The van der Waals surface area contributed by atoms with Gasteiger partial charge in [0, 0.05) is 0 Å². The van der Waals surface area contributed by atoms with E-state index < -0.39 is 6.23 Å². The molecule has 0 saturated carbocycles. The molecule has 0 aromatic heterocycles. The van der Waals surface area contributed by atoms with Crippen LogP contribution in [0.2, 0.25) is 0 Å². The minimum atomic E-state index is -0.454.